The number of aryl methyl sites for hydroxylation is 1. The van der Waals surface area contributed by atoms with Gasteiger partial charge in [0.15, 0.2) is 5.65 Å². The number of anilines is 1. The van der Waals surface area contributed by atoms with Gasteiger partial charge in [0.1, 0.15) is 17.4 Å². The van der Waals surface area contributed by atoms with Crippen LogP contribution in [0.2, 0.25) is 0 Å². The summed E-state index contributed by atoms with van der Waals surface area (Å²) in [5.74, 6) is -1.17. The van der Waals surface area contributed by atoms with Crippen molar-refractivity contribution in [3.63, 3.8) is 0 Å². The van der Waals surface area contributed by atoms with Gasteiger partial charge in [-0.2, -0.15) is 0 Å². The molecule has 156 valence electrons. The smallest absolute Gasteiger partial charge is 0.253 e. The maximum absolute atomic E-state index is 13.2. The zero-order valence-corrected chi connectivity index (χ0v) is 17.0. The summed E-state index contributed by atoms with van der Waals surface area (Å²) in [5, 5.41) is 5.38. The minimum atomic E-state index is -0.784. The van der Waals surface area contributed by atoms with Crippen molar-refractivity contribution in [1.82, 2.24) is 19.9 Å². The average molecular weight is 409 g/mol. The third kappa shape index (κ3) is 4.03. The molecule has 1 aliphatic rings. The second-order valence-electron chi connectivity index (χ2n) is 7.80. The van der Waals surface area contributed by atoms with Crippen molar-refractivity contribution in [3.8, 4) is 0 Å². The van der Waals surface area contributed by atoms with Crippen LogP contribution in [-0.4, -0.2) is 32.4 Å². The summed E-state index contributed by atoms with van der Waals surface area (Å²) in [6, 6.07) is 5.43. The van der Waals surface area contributed by atoms with Crippen LogP contribution >= 0.6 is 0 Å². The predicted molar refractivity (Wildman–Crippen MR) is 112 cm³/mol. The van der Waals surface area contributed by atoms with Gasteiger partial charge >= 0.3 is 0 Å². The van der Waals surface area contributed by atoms with E-state index in [-0.39, 0.29) is 5.82 Å². The number of carbonyl (C=O) groups excluding carboxylic acids is 2. The Labute approximate surface area is 173 Å². The number of hydrogen-bond acceptors (Lipinski definition) is 4. The second-order valence-corrected chi connectivity index (χ2v) is 7.80. The van der Waals surface area contributed by atoms with Crippen molar-refractivity contribution in [2.45, 2.75) is 51.6 Å². The van der Waals surface area contributed by atoms with Crippen LogP contribution < -0.4 is 10.6 Å². The fourth-order valence-electron chi connectivity index (χ4n) is 3.85. The van der Waals surface area contributed by atoms with E-state index in [2.05, 4.69) is 25.2 Å². The molecule has 1 fully saturated rings. The number of pyridine rings is 1. The summed E-state index contributed by atoms with van der Waals surface area (Å²) in [5.41, 5.74) is 2.89. The van der Waals surface area contributed by atoms with E-state index < -0.39 is 17.9 Å². The first kappa shape index (κ1) is 20.0. The van der Waals surface area contributed by atoms with Crippen LogP contribution in [0.4, 0.5) is 10.1 Å². The monoisotopic (exact) mass is 409 g/mol. The van der Waals surface area contributed by atoms with E-state index in [1.807, 2.05) is 0 Å². The first-order valence-corrected chi connectivity index (χ1v) is 10.1. The maximum Gasteiger partial charge on any atom is 0.253 e. The Balaban J connectivity index is 1.43. The molecule has 0 spiro atoms. The van der Waals surface area contributed by atoms with Gasteiger partial charge in [-0.05, 0) is 56.5 Å². The van der Waals surface area contributed by atoms with Crippen LogP contribution in [0.1, 0.15) is 54.6 Å². The highest BCUT2D eigenvalue weighted by Crippen LogP contribution is 2.31. The van der Waals surface area contributed by atoms with Crippen molar-refractivity contribution in [2.75, 3.05) is 5.32 Å². The first-order valence-electron chi connectivity index (χ1n) is 10.1. The number of imidazole rings is 1. The van der Waals surface area contributed by atoms with Crippen molar-refractivity contribution in [2.24, 2.45) is 0 Å². The maximum atomic E-state index is 13.2. The molecule has 1 aromatic carbocycles. The van der Waals surface area contributed by atoms with Gasteiger partial charge in [-0.25, -0.2) is 14.4 Å². The van der Waals surface area contributed by atoms with Crippen LogP contribution in [0, 0.1) is 12.7 Å². The Morgan fingerprint density at radius 1 is 1.20 bits per heavy atom. The molecule has 0 aliphatic heterocycles. The Bertz CT molecular complexity index is 1100. The van der Waals surface area contributed by atoms with E-state index in [1.54, 1.807) is 26.2 Å². The molecular weight excluding hydrogens is 385 g/mol. The van der Waals surface area contributed by atoms with E-state index in [1.165, 1.54) is 37.2 Å². The predicted octanol–water partition coefficient (Wildman–Crippen LogP) is 3.75. The quantitative estimate of drug-likeness (QED) is 0.672. The highest BCUT2D eigenvalue weighted by Gasteiger charge is 2.21. The highest BCUT2D eigenvalue weighted by atomic mass is 19.1. The minimum absolute atomic E-state index is 0.344. The number of amides is 2. The molecule has 1 aliphatic carbocycles. The van der Waals surface area contributed by atoms with Crippen molar-refractivity contribution >= 4 is 28.7 Å². The lowest BCUT2D eigenvalue weighted by Gasteiger charge is -2.15. The Hall–Kier alpha value is -3.29. The van der Waals surface area contributed by atoms with E-state index in [0.717, 1.165) is 18.5 Å². The molecule has 1 atom stereocenters. The molecule has 0 bridgehead atoms. The van der Waals surface area contributed by atoms with Gasteiger partial charge in [0.25, 0.3) is 5.91 Å². The summed E-state index contributed by atoms with van der Waals surface area (Å²) in [6.07, 6.45) is 7.96. The van der Waals surface area contributed by atoms with E-state index in [9.17, 15) is 14.0 Å². The normalized spacial score (nSPS) is 15.3. The molecule has 30 heavy (non-hydrogen) atoms. The third-order valence-electron chi connectivity index (χ3n) is 5.58. The molecule has 0 saturated heterocycles. The van der Waals surface area contributed by atoms with Crippen LogP contribution in [-0.2, 0) is 4.79 Å². The molecule has 1 unspecified atom stereocenters. The van der Waals surface area contributed by atoms with Crippen molar-refractivity contribution in [1.29, 1.82) is 0 Å². The minimum Gasteiger partial charge on any atom is -0.340 e. The molecule has 7 nitrogen and oxygen atoms in total. The number of carbonyl (C=O) groups is 2. The average Bonchev–Trinajstić information content (AvgIpc) is 3.38. The van der Waals surface area contributed by atoms with Gasteiger partial charge in [-0.15, -0.1) is 0 Å². The van der Waals surface area contributed by atoms with Crippen LogP contribution in [0.25, 0.3) is 11.2 Å². The lowest BCUT2D eigenvalue weighted by molar-refractivity contribution is -0.117. The third-order valence-corrected chi connectivity index (χ3v) is 5.58. The van der Waals surface area contributed by atoms with Crippen LogP contribution in [0.3, 0.4) is 0 Å². The molecule has 2 amide bonds. The topological polar surface area (TPSA) is 88.9 Å². The molecule has 3 aromatic rings. The molecule has 8 heteroatoms. The molecule has 4 rings (SSSR count). The lowest BCUT2D eigenvalue weighted by Crippen LogP contribution is -2.41. The number of rotatable bonds is 5. The van der Waals surface area contributed by atoms with Crippen LogP contribution in [0.15, 0.2) is 36.8 Å². The summed E-state index contributed by atoms with van der Waals surface area (Å²) >= 11 is 0. The number of nitrogens with one attached hydrogen (secondary N) is 2. The van der Waals surface area contributed by atoms with E-state index in [0.29, 0.717) is 28.4 Å². The molecule has 2 heterocycles. The molecule has 1 saturated carbocycles. The standard InChI is InChI=1S/C22H24FN5O2/c1-13-9-16(23)7-8-18(13)27-21(29)14(2)26-22(30)15-10-19-20(24-11-15)28(12-25-19)17-5-3-4-6-17/h7-12,14,17H,3-6H2,1-2H3,(H,26,30)(H,27,29). The van der Waals surface area contributed by atoms with Gasteiger partial charge in [0, 0.05) is 17.9 Å². The fourth-order valence-corrected chi connectivity index (χ4v) is 3.85. The first-order chi connectivity index (χ1) is 14.4. The zero-order chi connectivity index (χ0) is 21.3. The highest BCUT2D eigenvalue weighted by molar-refractivity contribution is 6.02. The Morgan fingerprint density at radius 2 is 1.97 bits per heavy atom. The van der Waals surface area contributed by atoms with Crippen molar-refractivity contribution < 1.29 is 14.0 Å². The number of hydrogen-bond donors (Lipinski definition) is 2. The summed E-state index contributed by atoms with van der Waals surface area (Å²) < 4.78 is 15.3. The summed E-state index contributed by atoms with van der Waals surface area (Å²) in [7, 11) is 0. The SMILES string of the molecule is Cc1cc(F)ccc1NC(=O)C(C)NC(=O)c1cnc2c(c1)ncn2C1CCCC1. The lowest BCUT2D eigenvalue weighted by atomic mass is 10.2. The largest absolute Gasteiger partial charge is 0.340 e. The summed E-state index contributed by atoms with van der Waals surface area (Å²) in [6.45, 7) is 3.29. The number of benzene rings is 1. The molecule has 2 aromatic heterocycles. The number of fused-ring (bicyclic) bond motifs is 1. The zero-order valence-electron chi connectivity index (χ0n) is 17.0. The Kier molecular flexibility index (Phi) is 5.48. The van der Waals surface area contributed by atoms with Crippen molar-refractivity contribution in [3.05, 3.63) is 53.7 Å². The number of nitrogens with zero attached hydrogens (tertiary/aromatic N) is 3. The Morgan fingerprint density at radius 3 is 2.70 bits per heavy atom. The fraction of sp³-hybridized carbons (Fsp3) is 0.364. The van der Waals surface area contributed by atoms with Crippen LogP contribution in [0.5, 0.6) is 0 Å². The van der Waals surface area contributed by atoms with E-state index >= 15 is 0 Å². The number of halogens is 1. The van der Waals surface area contributed by atoms with Gasteiger partial charge in [-0.1, -0.05) is 12.8 Å². The van der Waals surface area contributed by atoms with E-state index in [4.69, 9.17) is 0 Å². The second kappa shape index (κ2) is 8.22. The van der Waals surface area contributed by atoms with Gasteiger partial charge in [0.2, 0.25) is 5.91 Å². The molecule has 2 N–H and O–H groups in total. The number of aromatic nitrogens is 3. The molecular formula is C22H24FN5O2. The molecule has 0 radical (unpaired) electrons. The van der Waals surface area contributed by atoms with Gasteiger partial charge in [-0.3, -0.25) is 9.59 Å². The van der Waals surface area contributed by atoms with Gasteiger partial charge in [0.05, 0.1) is 11.9 Å². The van der Waals surface area contributed by atoms with Gasteiger partial charge < -0.3 is 15.2 Å². The summed E-state index contributed by atoms with van der Waals surface area (Å²) in [4.78, 5) is 33.9.